The molecule has 1 aromatic carbocycles. The topological polar surface area (TPSA) is 9.23 Å². The Kier molecular flexibility index (Phi) is 13.8. The van der Waals surface area contributed by atoms with E-state index in [9.17, 15) is 0 Å². The summed E-state index contributed by atoms with van der Waals surface area (Å²) >= 11 is 9.96. The molecule has 0 amide bonds. The third-order valence-corrected chi connectivity index (χ3v) is 10.9. The summed E-state index contributed by atoms with van der Waals surface area (Å²) in [4.78, 5) is 4.09. The van der Waals surface area contributed by atoms with Crippen LogP contribution in [0.2, 0.25) is 4.34 Å². The van der Waals surface area contributed by atoms with Gasteiger partial charge in [-0.2, -0.15) is 0 Å². The number of allylic oxidation sites excluding steroid dienone is 2. The summed E-state index contributed by atoms with van der Waals surface area (Å²) in [5.41, 5.74) is 7.10. The molecule has 41 heavy (non-hydrogen) atoms. The Morgan fingerprint density at radius 3 is 1.71 bits per heavy atom. The van der Waals surface area contributed by atoms with Crippen molar-refractivity contribution in [3.63, 3.8) is 0 Å². The number of ether oxygens (including phenoxy) is 1. The molecule has 1 nitrogen and oxygen atoms in total. The normalized spacial score (nSPS) is 13.5. The molecule has 0 fully saturated rings. The monoisotopic (exact) mass is 610 g/mol. The van der Waals surface area contributed by atoms with Gasteiger partial charge in [0.25, 0.3) is 0 Å². The van der Waals surface area contributed by atoms with Gasteiger partial charge < -0.3 is 4.74 Å². The second kappa shape index (κ2) is 17.5. The van der Waals surface area contributed by atoms with E-state index in [4.69, 9.17) is 16.3 Å². The lowest BCUT2D eigenvalue weighted by Crippen LogP contribution is -1.97. The first-order chi connectivity index (χ1) is 20.1. The molecular formula is C37H51ClOS2. The molecule has 2 aromatic heterocycles. The Labute approximate surface area is 263 Å². The molecule has 0 unspecified atom stereocenters. The third-order valence-electron chi connectivity index (χ3n) is 8.58. The van der Waals surface area contributed by atoms with Crippen molar-refractivity contribution in [2.24, 2.45) is 0 Å². The molecule has 3 aromatic rings. The van der Waals surface area contributed by atoms with E-state index >= 15 is 0 Å². The molecule has 1 aliphatic rings. The van der Waals surface area contributed by atoms with Crippen molar-refractivity contribution in [3.8, 4) is 16.2 Å². The largest absolute Gasteiger partial charge is 0.494 e. The van der Waals surface area contributed by atoms with Crippen LogP contribution in [-0.4, -0.2) is 6.61 Å². The molecule has 4 heteroatoms. The van der Waals surface area contributed by atoms with Crippen LogP contribution in [0.4, 0.5) is 0 Å². The van der Waals surface area contributed by atoms with Crippen LogP contribution in [0.5, 0.6) is 5.75 Å². The number of hydrogen-bond acceptors (Lipinski definition) is 3. The fourth-order valence-corrected chi connectivity index (χ4v) is 8.48. The van der Waals surface area contributed by atoms with Crippen LogP contribution in [0, 0.1) is 13.8 Å². The summed E-state index contributed by atoms with van der Waals surface area (Å²) in [6.07, 6.45) is 22.9. The van der Waals surface area contributed by atoms with Crippen LogP contribution in [0.3, 0.4) is 0 Å². The van der Waals surface area contributed by atoms with Crippen molar-refractivity contribution < 1.29 is 4.74 Å². The summed E-state index contributed by atoms with van der Waals surface area (Å²) in [6, 6.07) is 13.3. The Bertz CT molecular complexity index is 1220. The number of halogens is 1. The molecular weight excluding hydrogens is 560 g/mol. The molecule has 2 heterocycles. The summed E-state index contributed by atoms with van der Waals surface area (Å²) < 4.78 is 6.97. The van der Waals surface area contributed by atoms with E-state index in [2.05, 4.69) is 57.2 Å². The quantitative estimate of drug-likeness (QED) is 0.123. The van der Waals surface area contributed by atoms with E-state index in [1.165, 1.54) is 132 Å². The van der Waals surface area contributed by atoms with E-state index in [1.54, 1.807) is 11.3 Å². The number of aryl methyl sites for hydroxylation is 2. The van der Waals surface area contributed by atoms with E-state index < -0.39 is 0 Å². The predicted octanol–water partition coefficient (Wildman–Crippen LogP) is 13.7. The molecule has 0 saturated heterocycles. The van der Waals surface area contributed by atoms with Crippen molar-refractivity contribution in [2.75, 3.05) is 6.61 Å². The van der Waals surface area contributed by atoms with Gasteiger partial charge in [0.15, 0.2) is 0 Å². The Hall–Kier alpha value is -1.55. The fourth-order valence-electron chi connectivity index (χ4n) is 6.21. The van der Waals surface area contributed by atoms with Crippen LogP contribution < -0.4 is 4.74 Å². The van der Waals surface area contributed by atoms with Gasteiger partial charge in [0.2, 0.25) is 0 Å². The van der Waals surface area contributed by atoms with Crippen molar-refractivity contribution in [2.45, 2.75) is 130 Å². The van der Waals surface area contributed by atoms with E-state index in [0.29, 0.717) is 0 Å². The van der Waals surface area contributed by atoms with Crippen molar-refractivity contribution in [1.82, 2.24) is 0 Å². The molecule has 0 bridgehead atoms. The number of unbranched alkanes of at least 4 members (excludes halogenated alkanes) is 13. The van der Waals surface area contributed by atoms with E-state index in [-0.39, 0.29) is 0 Å². The van der Waals surface area contributed by atoms with Crippen LogP contribution in [-0.2, 0) is 0 Å². The molecule has 0 spiro atoms. The average molecular weight is 611 g/mol. The highest BCUT2D eigenvalue weighted by Crippen LogP contribution is 2.46. The number of thiophene rings is 2. The van der Waals surface area contributed by atoms with Gasteiger partial charge in [0.1, 0.15) is 5.75 Å². The van der Waals surface area contributed by atoms with Crippen LogP contribution >= 0.6 is 34.3 Å². The van der Waals surface area contributed by atoms with Gasteiger partial charge in [0, 0.05) is 14.6 Å². The van der Waals surface area contributed by atoms with Crippen LogP contribution in [0.1, 0.15) is 137 Å². The minimum Gasteiger partial charge on any atom is -0.494 e. The molecule has 0 N–H and O–H groups in total. The second-order valence-corrected chi connectivity index (χ2v) is 15.0. The molecule has 0 saturated carbocycles. The maximum Gasteiger partial charge on any atom is 0.119 e. The van der Waals surface area contributed by atoms with Crippen molar-refractivity contribution >= 4 is 45.4 Å². The lowest BCUT2D eigenvalue weighted by molar-refractivity contribution is 0.304. The molecule has 0 atom stereocenters. The summed E-state index contributed by atoms with van der Waals surface area (Å²) in [6.45, 7) is 7.59. The summed E-state index contributed by atoms with van der Waals surface area (Å²) in [5, 5.41) is 0. The van der Waals surface area contributed by atoms with Crippen LogP contribution in [0.25, 0.3) is 21.6 Å². The first-order valence-corrected chi connectivity index (χ1v) is 18.4. The first kappa shape index (κ1) is 32.4. The fraction of sp³-hybridized carbons (Fsp3) is 0.568. The molecule has 1 aliphatic carbocycles. The lowest BCUT2D eigenvalue weighted by atomic mass is 9.97. The summed E-state index contributed by atoms with van der Waals surface area (Å²) in [7, 11) is 0. The van der Waals surface area contributed by atoms with Gasteiger partial charge in [-0.3, -0.25) is 0 Å². The van der Waals surface area contributed by atoms with Gasteiger partial charge in [-0.25, -0.2) is 0 Å². The van der Waals surface area contributed by atoms with Gasteiger partial charge in [0.05, 0.1) is 10.9 Å². The highest BCUT2D eigenvalue weighted by atomic mass is 35.5. The number of benzene rings is 1. The first-order valence-electron chi connectivity index (χ1n) is 16.4. The van der Waals surface area contributed by atoms with Gasteiger partial charge in [-0.05, 0) is 104 Å². The Morgan fingerprint density at radius 2 is 1.17 bits per heavy atom. The molecule has 224 valence electrons. The molecule has 4 rings (SSSR count). The maximum absolute atomic E-state index is 6.35. The van der Waals surface area contributed by atoms with Gasteiger partial charge in [-0.1, -0.05) is 102 Å². The van der Waals surface area contributed by atoms with Crippen molar-refractivity contribution in [1.29, 1.82) is 0 Å². The minimum absolute atomic E-state index is 0.822. The Morgan fingerprint density at radius 1 is 0.659 bits per heavy atom. The standard InChI is InChI=1S/C37H51ClOS2/c1-4-5-6-7-8-9-10-11-12-13-14-15-16-17-25-39-31-23-21-30(22-24-31)36-26-34(28(2)40-36)32-19-18-20-33(32)35-27-37(38)41-29(35)3/h21-24,26-27H,4-20,25H2,1-3H3. The zero-order chi connectivity index (χ0) is 28.9. The van der Waals surface area contributed by atoms with Crippen LogP contribution in [0.15, 0.2) is 36.4 Å². The number of rotatable bonds is 19. The maximum atomic E-state index is 6.35. The highest BCUT2D eigenvalue weighted by molar-refractivity contribution is 7.16. The predicted molar refractivity (Wildman–Crippen MR) is 185 cm³/mol. The molecule has 0 aliphatic heterocycles. The third kappa shape index (κ3) is 10.0. The van der Waals surface area contributed by atoms with Gasteiger partial charge >= 0.3 is 0 Å². The van der Waals surface area contributed by atoms with E-state index in [1.807, 2.05) is 11.3 Å². The number of hydrogen-bond donors (Lipinski definition) is 0. The zero-order valence-corrected chi connectivity index (χ0v) is 28.2. The average Bonchev–Trinajstić information content (AvgIpc) is 3.68. The zero-order valence-electron chi connectivity index (χ0n) is 25.8. The second-order valence-electron chi connectivity index (χ2n) is 11.9. The minimum atomic E-state index is 0.822. The highest BCUT2D eigenvalue weighted by Gasteiger charge is 2.23. The lowest BCUT2D eigenvalue weighted by Gasteiger charge is -2.08. The van der Waals surface area contributed by atoms with Gasteiger partial charge in [-0.15, -0.1) is 22.7 Å². The summed E-state index contributed by atoms with van der Waals surface area (Å²) in [5.74, 6) is 0.988. The SMILES string of the molecule is CCCCCCCCCCCCCCCCOc1ccc(-c2cc(C3=C(c4cc(Cl)sc4C)CCC3)c(C)s2)cc1. The smallest absolute Gasteiger partial charge is 0.119 e. The molecule has 0 radical (unpaired) electrons. The van der Waals surface area contributed by atoms with E-state index in [0.717, 1.165) is 36.0 Å². The Balaban J connectivity index is 1.15. The van der Waals surface area contributed by atoms with Crippen molar-refractivity contribution in [3.05, 3.63) is 61.6 Å².